The van der Waals surface area contributed by atoms with Crippen molar-refractivity contribution >= 4 is 22.9 Å². The van der Waals surface area contributed by atoms with Gasteiger partial charge < -0.3 is 14.5 Å². The largest absolute Gasteiger partial charge is 0.450 e. The lowest BCUT2D eigenvalue weighted by atomic mass is 10.1. The number of carbonyl (C=O) groups is 1. The van der Waals surface area contributed by atoms with E-state index in [1.165, 1.54) is 11.0 Å². The molecule has 0 spiro atoms. The van der Waals surface area contributed by atoms with Gasteiger partial charge in [0.05, 0.1) is 12.2 Å². The first-order valence-corrected chi connectivity index (χ1v) is 8.63. The standard InChI is InChI=1S/C17H16F6N4O2/c1-2-29-15(28)27-7-5-26(6-8-27)13-4-3-10-11(16(18,19)20)9-12(17(21,22)23)24-14(10)25-13/h3-4,9H,2,5-8H2,1H3. The zero-order valence-electron chi connectivity index (χ0n) is 15.1. The number of amides is 1. The van der Waals surface area contributed by atoms with Gasteiger partial charge >= 0.3 is 18.4 Å². The quantitative estimate of drug-likeness (QED) is 0.687. The number of pyridine rings is 2. The van der Waals surface area contributed by atoms with E-state index in [1.54, 1.807) is 11.8 Å². The van der Waals surface area contributed by atoms with Gasteiger partial charge in [0, 0.05) is 31.6 Å². The summed E-state index contributed by atoms with van der Waals surface area (Å²) in [7, 11) is 0. The van der Waals surface area contributed by atoms with Crippen molar-refractivity contribution in [2.75, 3.05) is 37.7 Å². The summed E-state index contributed by atoms with van der Waals surface area (Å²) in [4.78, 5) is 22.1. The van der Waals surface area contributed by atoms with Crippen molar-refractivity contribution in [2.45, 2.75) is 19.3 Å². The molecular weight excluding hydrogens is 406 g/mol. The topological polar surface area (TPSA) is 58.6 Å². The van der Waals surface area contributed by atoms with E-state index in [4.69, 9.17) is 4.74 Å². The van der Waals surface area contributed by atoms with Crippen LogP contribution in [0, 0.1) is 0 Å². The predicted octanol–water partition coefficient (Wildman–Crippen LogP) is 3.95. The minimum Gasteiger partial charge on any atom is -0.450 e. The van der Waals surface area contributed by atoms with Crippen LogP contribution in [0.15, 0.2) is 18.2 Å². The van der Waals surface area contributed by atoms with Crippen molar-refractivity contribution in [2.24, 2.45) is 0 Å². The Morgan fingerprint density at radius 1 is 1.03 bits per heavy atom. The number of aromatic nitrogens is 2. The molecule has 0 aliphatic carbocycles. The molecule has 0 bridgehead atoms. The summed E-state index contributed by atoms with van der Waals surface area (Å²) < 4.78 is 83.6. The van der Waals surface area contributed by atoms with Crippen LogP contribution in [0.25, 0.3) is 11.0 Å². The molecule has 0 radical (unpaired) electrons. The number of hydrogen-bond donors (Lipinski definition) is 0. The van der Waals surface area contributed by atoms with Gasteiger partial charge in [0.1, 0.15) is 11.5 Å². The highest BCUT2D eigenvalue weighted by atomic mass is 19.4. The van der Waals surface area contributed by atoms with Crippen LogP contribution < -0.4 is 4.90 Å². The molecule has 29 heavy (non-hydrogen) atoms. The average molecular weight is 422 g/mol. The van der Waals surface area contributed by atoms with Crippen molar-refractivity contribution in [3.05, 3.63) is 29.5 Å². The van der Waals surface area contributed by atoms with E-state index in [0.717, 1.165) is 6.07 Å². The highest BCUT2D eigenvalue weighted by Crippen LogP contribution is 2.38. The summed E-state index contributed by atoms with van der Waals surface area (Å²) in [5.41, 5.74) is -3.74. The van der Waals surface area contributed by atoms with Gasteiger partial charge in [-0.3, -0.25) is 0 Å². The van der Waals surface area contributed by atoms with Crippen LogP contribution in [0.3, 0.4) is 0 Å². The van der Waals surface area contributed by atoms with Crippen LogP contribution in [-0.2, 0) is 17.1 Å². The van der Waals surface area contributed by atoms with Crippen LogP contribution in [0.1, 0.15) is 18.2 Å². The molecule has 2 aromatic rings. The third-order valence-corrected chi connectivity index (χ3v) is 4.38. The zero-order chi connectivity index (χ0) is 21.4. The summed E-state index contributed by atoms with van der Waals surface area (Å²) >= 11 is 0. The minimum absolute atomic E-state index is 0.0121. The highest BCUT2D eigenvalue weighted by Gasteiger charge is 2.39. The van der Waals surface area contributed by atoms with Gasteiger partial charge in [0.2, 0.25) is 0 Å². The van der Waals surface area contributed by atoms with E-state index in [0.29, 0.717) is 13.1 Å². The zero-order valence-corrected chi connectivity index (χ0v) is 15.1. The molecule has 0 saturated carbocycles. The fourth-order valence-electron chi connectivity index (χ4n) is 2.98. The highest BCUT2D eigenvalue weighted by molar-refractivity contribution is 5.81. The number of alkyl halides is 6. The molecule has 1 aliphatic rings. The number of halogens is 6. The monoisotopic (exact) mass is 422 g/mol. The summed E-state index contributed by atoms with van der Waals surface area (Å²) in [6.45, 7) is 3.04. The van der Waals surface area contributed by atoms with E-state index in [9.17, 15) is 31.1 Å². The number of rotatable bonds is 2. The number of nitrogens with zero attached hydrogens (tertiary/aromatic N) is 4. The van der Waals surface area contributed by atoms with Gasteiger partial charge in [0.25, 0.3) is 0 Å². The van der Waals surface area contributed by atoms with E-state index < -0.39 is 40.7 Å². The van der Waals surface area contributed by atoms with Crippen molar-refractivity contribution in [3.8, 4) is 0 Å². The summed E-state index contributed by atoms with van der Waals surface area (Å²) in [5, 5.41) is -0.514. The van der Waals surface area contributed by atoms with Gasteiger partial charge in [0.15, 0.2) is 5.65 Å². The molecule has 3 rings (SSSR count). The Kier molecular flexibility index (Phi) is 5.46. The minimum atomic E-state index is -5.04. The number of carbonyl (C=O) groups excluding carboxylic acids is 1. The Bertz CT molecular complexity index is 907. The van der Waals surface area contributed by atoms with Gasteiger partial charge in [-0.05, 0) is 25.1 Å². The average Bonchev–Trinajstić information content (AvgIpc) is 2.65. The van der Waals surface area contributed by atoms with E-state index in [-0.39, 0.29) is 31.6 Å². The van der Waals surface area contributed by atoms with Crippen molar-refractivity contribution < 1.29 is 35.9 Å². The molecule has 12 heteroatoms. The number of fused-ring (bicyclic) bond motifs is 1. The molecule has 6 nitrogen and oxygen atoms in total. The molecule has 2 aromatic heterocycles. The number of piperazine rings is 1. The summed E-state index contributed by atoms with van der Waals surface area (Å²) in [5.74, 6) is 0.181. The molecule has 1 fully saturated rings. The second-order valence-corrected chi connectivity index (χ2v) is 6.26. The normalized spacial score (nSPS) is 15.7. The van der Waals surface area contributed by atoms with Crippen molar-refractivity contribution in [1.82, 2.24) is 14.9 Å². The van der Waals surface area contributed by atoms with Gasteiger partial charge in [-0.2, -0.15) is 26.3 Å². The molecule has 3 heterocycles. The maximum Gasteiger partial charge on any atom is 0.433 e. The van der Waals surface area contributed by atoms with E-state index in [1.807, 2.05) is 0 Å². The second-order valence-electron chi connectivity index (χ2n) is 6.26. The maximum absolute atomic E-state index is 13.2. The fraction of sp³-hybridized carbons (Fsp3) is 0.471. The molecule has 0 unspecified atom stereocenters. The van der Waals surface area contributed by atoms with Gasteiger partial charge in [-0.15, -0.1) is 0 Å². The fourth-order valence-corrected chi connectivity index (χ4v) is 2.98. The molecular formula is C17H16F6N4O2. The lowest BCUT2D eigenvalue weighted by molar-refractivity contribution is -0.144. The Morgan fingerprint density at radius 2 is 1.69 bits per heavy atom. The van der Waals surface area contributed by atoms with Crippen LogP contribution in [-0.4, -0.2) is 53.7 Å². The second kappa shape index (κ2) is 7.56. The lowest BCUT2D eigenvalue weighted by Crippen LogP contribution is -2.49. The van der Waals surface area contributed by atoms with E-state index in [2.05, 4.69) is 9.97 Å². The number of anilines is 1. The van der Waals surface area contributed by atoms with Gasteiger partial charge in [-0.1, -0.05) is 0 Å². The first kappa shape index (κ1) is 20.9. The molecule has 0 N–H and O–H groups in total. The number of hydrogen-bond acceptors (Lipinski definition) is 5. The Balaban J connectivity index is 1.93. The SMILES string of the molecule is CCOC(=O)N1CCN(c2ccc3c(C(F)(F)F)cc(C(F)(F)F)nc3n2)CC1. The van der Waals surface area contributed by atoms with Crippen LogP contribution >= 0.6 is 0 Å². The first-order chi connectivity index (χ1) is 13.5. The predicted molar refractivity (Wildman–Crippen MR) is 90.4 cm³/mol. The Morgan fingerprint density at radius 3 is 2.24 bits per heavy atom. The third-order valence-electron chi connectivity index (χ3n) is 4.38. The summed E-state index contributed by atoms with van der Waals surface area (Å²) in [6, 6.07) is 2.35. The molecule has 0 aromatic carbocycles. The third kappa shape index (κ3) is 4.46. The first-order valence-electron chi connectivity index (χ1n) is 8.63. The van der Waals surface area contributed by atoms with Crippen LogP contribution in [0.5, 0.6) is 0 Å². The molecule has 1 saturated heterocycles. The molecule has 1 aliphatic heterocycles. The van der Waals surface area contributed by atoms with Crippen LogP contribution in [0.4, 0.5) is 37.0 Å². The molecule has 158 valence electrons. The molecule has 0 atom stereocenters. The van der Waals surface area contributed by atoms with Crippen LogP contribution in [0.2, 0.25) is 0 Å². The van der Waals surface area contributed by atoms with E-state index >= 15 is 0 Å². The maximum atomic E-state index is 13.2. The van der Waals surface area contributed by atoms with Crippen molar-refractivity contribution in [3.63, 3.8) is 0 Å². The summed E-state index contributed by atoms with van der Waals surface area (Å²) in [6.07, 6.45) is -10.5. The Labute approximate surface area is 161 Å². The molecule has 1 amide bonds. The van der Waals surface area contributed by atoms with Crippen molar-refractivity contribution in [1.29, 1.82) is 0 Å². The van der Waals surface area contributed by atoms with Gasteiger partial charge in [-0.25, -0.2) is 14.8 Å². The lowest BCUT2D eigenvalue weighted by Gasteiger charge is -2.34. The Hall–Kier alpha value is -2.79. The smallest absolute Gasteiger partial charge is 0.433 e. The number of ether oxygens (including phenoxy) is 1.